The average Bonchev–Trinajstić information content (AvgIpc) is 2.81. The lowest BCUT2D eigenvalue weighted by molar-refractivity contribution is 0.187. The van der Waals surface area contributed by atoms with Crippen molar-refractivity contribution in [1.82, 2.24) is 14.0 Å². The molecule has 0 aliphatic heterocycles. The molecule has 0 radical (unpaired) electrons. The Morgan fingerprint density at radius 2 is 1.91 bits per heavy atom. The van der Waals surface area contributed by atoms with Gasteiger partial charge in [0.2, 0.25) is 0 Å². The van der Waals surface area contributed by atoms with Crippen molar-refractivity contribution in [3.63, 3.8) is 0 Å². The molecule has 0 saturated heterocycles. The average molecular weight is 459 g/mol. The van der Waals surface area contributed by atoms with Crippen molar-refractivity contribution in [2.75, 3.05) is 44.7 Å². The summed E-state index contributed by atoms with van der Waals surface area (Å²) in [5, 5.41) is 12.9. The quantitative estimate of drug-likeness (QED) is 0.403. The van der Waals surface area contributed by atoms with Gasteiger partial charge in [-0.1, -0.05) is 6.07 Å². The van der Waals surface area contributed by atoms with Gasteiger partial charge in [-0.15, -0.1) is 0 Å². The van der Waals surface area contributed by atoms with Crippen LogP contribution in [0, 0.1) is 6.92 Å². The Bertz CT molecular complexity index is 1280. The highest BCUT2D eigenvalue weighted by molar-refractivity contribution is 5.83. The van der Waals surface area contributed by atoms with Gasteiger partial charge in [0.15, 0.2) is 5.43 Å². The Morgan fingerprint density at radius 3 is 2.67 bits per heavy atom. The smallest absolute Gasteiger partial charge is 0.332 e. The molecule has 178 valence electrons. The van der Waals surface area contributed by atoms with E-state index in [2.05, 4.69) is 10.2 Å². The van der Waals surface area contributed by atoms with Crippen molar-refractivity contribution >= 4 is 16.8 Å². The lowest BCUT2D eigenvalue weighted by Gasteiger charge is -2.22. The van der Waals surface area contributed by atoms with E-state index < -0.39 is 5.69 Å². The first-order valence-electron chi connectivity index (χ1n) is 10.8. The fourth-order valence-electron chi connectivity index (χ4n) is 3.55. The van der Waals surface area contributed by atoms with Crippen LogP contribution in [0.5, 0.6) is 5.75 Å². The van der Waals surface area contributed by atoms with Gasteiger partial charge in [-0.2, -0.15) is 0 Å². The van der Waals surface area contributed by atoms with Crippen molar-refractivity contribution in [2.45, 2.75) is 13.3 Å². The molecule has 0 fully saturated rings. The normalized spacial score (nSPS) is 11.3. The Kier molecular flexibility index (Phi) is 8.07. The second-order valence-corrected chi connectivity index (χ2v) is 7.84. The third-order valence-corrected chi connectivity index (χ3v) is 5.49. The van der Waals surface area contributed by atoms with Gasteiger partial charge in [0.25, 0.3) is 5.56 Å². The second-order valence-electron chi connectivity index (χ2n) is 7.84. The maximum Gasteiger partial charge on any atom is 0.332 e. The molecule has 33 heavy (non-hydrogen) atoms. The molecule has 3 aromatic rings. The van der Waals surface area contributed by atoms with Crippen LogP contribution in [0.25, 0.3) is 11.0 Å². The number of aromatic nitrogens is 2. The summed E-state index contributed by atoms with van der Waals surface area (Å²) < 4.78 is 13.8. The number of anilines is 1. The molecule has 0 atom stereocenters. The maximum absolute atomic E-state index is 12.5. The number of rotatable bonds is 11. The summed E-state index contributed by atoms with van der Waals surface area (Å²) in [6, 6.07) is 6.65. The third kappa shape index (κ3) is 5.71. The van der Waals surface area contributed by atoms with Crippen LogP contribution in [0.4, 0.5) is 5.82 Å². The first-order chi connectivity index (χ1) is 15.8. The molecule has 0 amide bonds. The van der Waals surface area contributed by atoms with Gasteiger partial charge in [0.1, 0.15) is 22.5 Å². The molecule has 0 bridgehead atoms. The van der Waals surface area contributed by atoms with Gasteiger partial charge in [-0.05, 0) is 25.5 Å². The van der Waals surface area contributed by atoms with E-state index in [-0.39, 0.29) is 17.6 Å². The molecule has 0 aliphatic rings. The van der Waals surface area contributed by atoms with Crippen molar-refractivity contribution in [3.8, 4) is 5.75 Å². The van der Waals surface area contributed by atoms with Crippen LogP contribution in [0.2, 0.25) is 0 Å². The minimum Gasteiger partial charge on any atom is -0.493 e. The number of hydrogen-bond acceptors (Lipinski definition) is 8. The van der Waals surface area contributed by atoms with Gasteiger partial charge < -0.3 is 19.6 Å². The van der Waals surface area contributed by atoms with Crippen LogP contribution < -0.4 is 26.7 Å². The van der Waals surface area contributed by atoms with E-state index in [0.717, 1.165) is 4.57 Å². The van der Waals surface area contributed by atoms with E-state index in [1.165, 1.54) is 23.9 Å². The second kappa shape index (κ2) is 11.0. The molecule has 3 rings (SSSR count). The summed E-state index contributed by atoms with van der Waals surface area (Å²) in [7, 11) is 3.04. The predicted molar refractivity (Wildman–Crippen MR) is 126 cm³/mol. The van der Waals surface area contributed by atoms with Crippen LogP contribution in [-0.2, 0) is 14.1 Å². The molecular formula is C23H30N4O6. The Balaban J connectivity index is 1.54. The Morgan fingerprint density at radius 1 is 1.12 bits per heavy atom. The summed E-state index contributed by atoms with van der Waals surface area (Å²) in [6.45, 7) is 4.34. The predicted octanol–water partition coefficient (Wildman–Crippen LogP) is 0.674. The number of fused-ring (bicyclic) bond motifs is 1. The molecule has 0 saturated carbocycles. The standard InChI is InChI=1S/C23H30N4O6/c1-16-15-33-18-7-4-6-17(21(18)22(16)30)32-13-5-9-27(11-12-28)10-8-24-19-14-20(29)26(3)23(31)25(19)2/h4,6-7,14-15,24,28H,5,8-13H2,1-3H3. The summed E-state index contributed by atoms with van der Waals surface area (Å²) in [5.41, 5.74) is 0.134. The molecule has 2 heterocycles. The van der Waals surface area contributed by atoms with E-state index in [1.807, 2.05) is 0 Å². The van der Waals surface area contributed by atoms with Crippen LogP contribution >= 0.6 is 0 Å². The van der Waals surface area contributed by atoms with Crippen molar-refractivity contribution in [3.05, 3.63) is 67.2 Å². The van der Waals surface area contributed by atoms with Crippen LogP contribution in [-0.4, -0.2) is 58.5 Å². The zero-order valence-corrected chi connectivity index (χ0v) is 19.2. The minimum absolute atomic E-state index is 0.00880. The molecular weight excluding hydrogens is 428 g/mol. The molecule has 10 nitrogen and oxygen atoms in total. The van der Waals surface area contributed by atoms with E-state index in [0.29, 0.717) is 67.3 Å². The number of aryl methyl sites for hydroxylation is 1. The van der Waals surface area contributed by atoms with Gasteiger partial charge in [0, 0.05) is 51.9 Å². The summed E-state index contributed by atoms with van der Waals surface area (Å²) in [5.74, 6) is 0.937. The van der Waals surface area contributed by atoms with Crippen LogP contribution in [0.1, 0.15) is 12.0 Å². The number of aliphatic hydroxyl groups excluding tert-OH is 1. The number of benzene rings is 1. The first-order valence-corrected chi connectivity index (χ1v) is 10.8. The SMILES string of the molecule is Cc1coc2cccc(OCCCN(CCO)CCNc3cc(=O)n(C)c(=O)n3C)c2c1=O. The number of nitrogens with zero attached hydrogens (tertiary/aromatic N) is 3. The van der Waals surface area contributed by atoms with E-state index in [9.17, 15) is 19.5 Å². The van der Waals surface area contributed by atoms with Crippen molar-refractivity contribution in [2.24, 2.45) is 14.1 Å². The third-order valence-electron chi connectivity index (χ3n) is 5.49. The Hall–Kier alpha value is -3.37. The number of nitrogens with one attached hydrogen (secondary N) is 1. The monoisotopic (exact) mass is 458 g/mol. The largest absolute Gasteiger partial charge is 0.493 e. The lowest BCUT2D eigenvalue weighted by Crippen LogP contribution is -2.38. The Labute approximate surface area is 190 Å². The van der Waals surface area contributed by atoms with Gasteiger partial charge in [-0.3, -0.25) is 23.6 Å². The van der Waals surface area contributed by atoms with Gasteiger partial charge in [0.05, 0.1) is 19.5 Å². The highest BCUT2D eigenvalue weighted by Gasteiger charge is 2.11. The molecule has 2 aromatic heterocycles. The molecule has 0 aliphatic carbocycles. The summed E-state index contributed by atoms with van der Waals surface area (Å²) in [6.07, 6.45) is 2.12. The van der Waals surface area contributed by atoms with E-state index in [4.69, 9.17) is 9.15 Å². The summed E-state index contributed by atoms with van der Waals surface area (Å²) >= 11 is 0. The van der Waals surface area contributed by atoms with Crippen molar-refractivity contribution < 1.29 is 14.3 Å². The molecule has 10 heteroatoms. The van der Waals surface area contributed by atoms with Crippen molar-refractivity contribution in [1.29, 1.82) is 0 Å². The first kappa shape index (κ1) is 24.3. The minimum atomic E-state index is -0.396. The van der Waals surface area contributed by atoms with E-state index >= 15 is 0 Å². The fraction of sp³-hybridized carbons (Fsp3) is 0.435. The van der Waals surface area contributed by atoms with Crippen LogP contribution in [0.3, 0.4) is 0 Å². The number of ether oxygens (including phenoxy) is 1. The highest BCUT2D eigenvalue weighted by Crippen LogP contribution is 2.23. The molecule has 2 N–H and O–H groups in total. The van der Waals surface area contributed by atoms with Gasteiger partial charge in [-0.25, -0.2) is 4.79 Å². The molecule has 1 aromatic carbocycles. The van der Waals surface area contributed by atoms with Crippen LogP contribution in [0.15, 0.2) is 49.3 Å². The lowest BCUT2D eigenvalue weighted by atomic mass is 10.1. The summed E-state index contributed by atoms with van der Waals surface area (Å²) in [4.78, 5) is 38.4. The molecule has 0 unspecified atom stereocenters. The number of hydrogen-bond donors (Lipinski definition) is 2. The fourth-order valence-corrected chi connectivity index (χ4v) is 3.55. The highest BCUT2D eigenvalue weighted by atomic mass is 16.5. The topological polar surface area (TPSA) is 119 Å². The maximum atomic E-state index is 12.5. The zero-order valence-electron chi connectivity index (χ0n) is 19.2. The van der Waals surface area contributed by atoms with Gasteiger partial charge >= 0.3 is 5.69 Å². The van der Waals surface area contributed by atoms with E-state index in [1.54, 1.807) is 32.2 Å². The number of aliphatic hydroxyl groups is 1. The molecule has 0 spiro atoms. The zero-order chi connectivity index (χ0) is 24.0.